The van der Waals surface area contributed by atoms with Gasteiger partial charge in [-0.05, 0) is 18.8 Å². The van der Waals surface area contributed by atoms with E-state index in [0.717, 1.165) is 11.8 Å². The van der Waals surface area contributed by atoms with Gasteiger partial charge in [0, 0.05) is 26.0 Å². The van der Waals surface area contributed by atoms with Crippen molar-refractivity contribution >= 4 is 15.9 Å². The lowest BCUT2D eigenvalue weighted by molar-refractivity contribution is -0.0595. The molecule has 0 saturated heterocycles. The summed E-state index contributed by atoms with van der Waals surface area (Å²) in [5.74, 6) is 5.99. The maximum absolute atomic E-state index is 4.96. The summed E-state index contributed by atoms with van der Waals surface area (Å²) in [5, 5.41) is 1.12. The first-order valence-electron chi connectivity index (χ1n) is 5.45. The van der Waals surface area contributed by atoms with E-state index in [1.807, 2.05) is 0 Å². The van der Waals surface area contributed by atoms with Gasteiger partial charge in [-0.25, -0.2) is 0 Å². The first-order chi connectivity index (χ1) is 7.35. The predicted octanol–water partition coefficient (Wildman–Crippen LogP) is 3.34. The summed E-state index contributed by atoms with van der Waals surface area (Å²) < 4.78 is 9.92. The fourth-order valence-electron chi connectivity index (χ4n) is 1.21. The van der Waals surface area contributed by atoms with E-state index >= 15 is 0 Å². The summed E-state index contributed by atoms with van der Waals surface area (Å²) in [7, 11) is 3.20. The Morgan fingerprint density at radius 2 is 1.60 bits per heavy atom. The fourth-order valence-corrected chi connectivity index (χ4v) is 1.60. The third kappa shape index (κ3) is 10.2. The molecular formula is C12H21BrO2. The summed E-state index contributed by atoms with van der Waals surface area (Å²) in [5.41, 5.74) is 0. The number of unbranched alkanes of at least 4 members (excludes halogenated alkanes) is 5. The molecule has 0 amide bonds. The molecule has 0 aromatic rings. The van der Waals surface area contributed by atoms with E-state index in [0.29, 0.717) is 0 Å². The monoisotopic (exact) mass is 276 g/mol. The summed E-state index contributed by atoms with van der Waals surface area (Å²) in [6, 6.07) is 0. The average Bonchev–Trinajstić information content (AvgIpc) is 2.27. The van der Waals surface area contributed by atoms with E-state index in [1.54, 1.807) is 14.2 Å². The van der Waals surface area contributed by atoms with Gasteiger partial charge in [-0.1, -0.05) is 41.1 Å². The lowest BCUT2D eigenvalue weighted by atomic mass is 10.1. The quantitative estimate of drug-likeness (QED) is 0.293. The Hall–Kier alpha value is -0.0400. The zero-order valence-corrected chi connectivity index (χ0v) is 11.3. The molecule has 0 spiro atoms. The van der Waals surface area contributed by atoms with Gasteiger partial charge in [0.1, 0.15) is 0 Å². The number of hydrogen-bond acceptors (Lipinski definition) is 2. The second kappa shape index (κ2) is 12.0. The molecule has 0 atom stereocenters. The molecule has 0 fully saturated rings. The van der Waals surface area contributed by atoms with Gasteiger partial charge in [0.15, 0.2) is 0 Å². The van der Waals surface area contributed by atoms with Gasteiger partial charge in [-0.15, -0.1) is 0 Å². The molecule has 0 aromatic carbocycles. The number of methoxy groups -OCH3 is 2. The SMILES string of the molecule is COC(C#CCCCCCCCBr)OC. The van der Waals surface area contributed by atoms with E-state index in [4.69, 9.17) is 9.47 Å². The fraction of sp³-hybridized carbons (Fsp3) is 0.833. The maximum atomic E-state index is 4.96. The number of alkyl halides is 1. The number of rotatable bonds is 8. The second-order valence-electron chi connectivity index (χ2n) is 3.33. The van der Waals surface area contributed by atoms with Crippen LogP contribution in [0.15, 0.2) is 0 Å². The summed E-state index contributed by atoms with van der Waals surface area (Å²) in [6.45, 7) is 0. The van der Waals surface area contributed by atoms with Gasteiger partial charge in [-0.3, -0.25) is 0 Å². The molecule has 3 heteroatoms. The van der Waals surface area contributed by atoms with Gasteiger partial charge in [0.25, 0.3) is 0 Å². The highest BCUT2D eigenvalue weighted by molar-refractivity contribution is 9.09. The largest absolute Gasteiger partial charge is 0.345 e. The van der Waals surface area contributed by atoms with Crippen LogP contribution in [0.1, 0.15) is 38.5 Å². The molecule has 0 aliphatic heterocycles. The molecule has 0 aliphatic carbocycles. The van der Waals surface area contributed by atoms with Crippen LogP contribution in [0.5, 0.6) is 0 Å². The Kier molecular flexibility index (Phi) is 12.0. The third-order valence-electron chi connectivity index (χ3n) is 2.08. The summed E-state index contributed by atoms with van der Waals surface area (Å²) in [6.07, 6.45) is 6.93. The Bertz CT molecular complexity index is 180. The minimum absolute atomic E-state index is 0.363. The normalized spacial score (nSPS) is 10.1. The average molecular weight is 277 g/mol. The van der Waals surface area contributed by atoms with E-state index in [1.165, 1.54) is 32.1 Å². The van der Waals surface area contributed by atoms with Gasteiger partial charge < -0.3 is 9.47 Å². The van der Waals surface area contributed by atoms with Crippen molar-refractivity contribution in [2.75, 3.05) is 19.5 Å². The third-order valence-corrected chi connectivity index (χ3v) is 2.64. The van der Waals surface area contributed by atoms with E-state index in [-0.39, 0.29) is 6.29 Å². The summed E-state index contributed by atoms with van der Waals surface area (Å²) >= 11 is 3.43. The van der Waals surface area contributed by atoms with Crippen molar-refractivity contribution < 1.29 is 9.47 Å². The lowest BCUT2D eigenvalue weighted by Crippen LogP contribution is -2.09. The molecule has 0 rings (SSSR count). The minimum atomic E-state index is -0.363. The van der Waals surface area contributed by atoms with Crippen LogP contribution in [0.2, 0.25) is 0 Å². The Balaban J connectivity index is 3.28. The second-order valence-corrected chi connectivity index (χ2v) is 4.12. The molecule has 0 unspecified atom stereocenters. The van der Waals surface area contributed by atoms with Crippen LogP contribution in [-0.2, 0) is 9.47 Å². The van der Waals surface area contributed by atoms with Crippen LogP contribution in [0.25, 0.3) is 0 Å². The Morgan fingerprint density at radius 3 is 2.20 bits per heavy atom. The molecule has 0 aromatic heterocycles. The van der Waals surface area contributed by atoms with Crippen LogP contribution in [0, 0.1) is 11.8 Å². The van der Waals surface area contributed by atoms with Crippen LogP contribution in [-0.4, -0.2) is 25.8 Å². The minimum Gasteiger partial charge on any atom is -0.345 e. The zero-order chi connectivity index (χ0) is 11.4. The van der Waals surface area contributed by atoms with Gasteiger partial charge in [0.2, 0.25) is 6.29 Å². The van der Waals surface area contributed by atoms with Crippen LogP contribution in [0.4, 0.5) is 0 Å². The van der Waals surface area contributed by atoms with Crippen LogP contribution in [0.3, 0.4) is 0 Å². The van der Waals surface area contributed by atoms with Crippen molar-refractivity contribution in [2.24, 2.45) is 0 Å². The molecule has 15 heavy (non-hydrogen) atoms. The van der Waals surface area contributed by atoms with Gasteiger partial charge in [0.05, 0.1) is 0 Å². The lowest BCUT2D eigenvalue weighted by Gasteiger charge is -2.03. The van der Waals surface area contributed by atoms with E-state index < -0.39 is 0 Å². The van der Waals surface area contributed by atoms with Crippen molar-refractivity contribution in [3.63, 3.8) is 0 Å². The van der Waals surface area contributed by atoms with Crippen molar-refractivity contribution in [1.29, 1.82) is 0 Å². The topological polar surface area (TPSA) is 18.5 Å². The molecule has 88 valence electrons. The van der Waals surface area contributed by atoms with Gasteiger partial charge in [-0.2, -0.15) is 0 Å². The highest BCUT2D eigenvalue weighted by atomic mass is 79.9. The molecule has 0 radical (unpaired) electrons. The molecule has 0 aliphatic rings. The molecule has 0 N–H and O–H groups in total. The summed E-state index contributed by atoms with van der Waals surface area (Å²) in [4.78, 5) is 0. The molecule has 0 saturated carbocycles. The molecular weight excluding hydrogens is 256 g/mol. The van der Waals surface area contributed by atoms with E-state index in [2.05, 4.69) is 27.8 Å². The Morgan fingerprint density at radius 1 is 1.00 bits per heavy atom. The van der Waals surface area contributed by atoms with Crippen LogP contribution < -0.4 is 0 Å². The highest BCUT2D eigenvalue weighted by Crippen LogP contribution is 2.05. The first kappa shape index (κ1) is 15.0. The number of hydrogen-bond donors (Lipinski definition) is 0. The zero-order valence-electron chi connectivity index (χ0n) is 9.72. The maximum Gasteiger partial charge on any atom is 0.221 e. The van der Waals surface area contributed by atoms with Crippen molar-refractivity contribution in [1.82, 2.24) is 0 Å². The molecule has 2 nitrogen and oxygen atoms in total. The molecule has 0 heterocycles. The van der Waals surface area contributed by atoms with Crippen molar-refractivity contribution in [2.45, 2.75) is 44.8 Å². The van der Waals surface area contributed by atoms with Crippen molar-refractivity contribution in [3.05, 3.63) is 0 Å². The van der Waals surface area contributed by atoms with Crippen molar-refractivity contribution in [3.8, 4) is 11.8 Å². The smallest absolute Gasteiger partial charge is 0.221 e. The predicted molar refractivity (Wildman–Crippen MR) is 67.1 cm³/mol. The van der Waals surface area contributed by atoms with E-state index in [9.17, 15) is 0 Å². The highest BCUT2D eigenvalue weighted by Gasteiger charge is 1.95. The first-order valence-corrected chi connectivity index (χ1v) is 6.57. The standard InChI is InChI=1S/C12H21BrO2/c1-14-12(15-2)10-8-6-4-3-5-7-9-11-13/h12H,3-7,9,11H2,1-2H3. The number of halogens is 1. The Labute approximate surface area is 102 Å². The molecule has 0 bridgehead atoms. The van der Waals surface area contributed by atoms with Crippen LogP contribution >= 0.6 is 15.9 Å². The number of ether oxygens (including phenoxy) is 2. The van der Waals surface area contributed by atoms with Gasteiger partial charge >= 0.3 is 0 Å².